The molecule has 2 heteroatoms. The number of hydrogen-bond donors (Lipinski definition) is 0. The highest BCUT2D eigenvalue weighted by Crippen LogP contribution is 2.28. The summed E-state index contributed by atoms with van der Waals surface area (Å²) in [5.74, 6) is 1.25. The van der Waals surface area contributed by atoms with E-state index in [1.54, 1.807) is 0 Å². The van der Waals surface area contributed by atoms with Gasteiger partial charge in [0.05, 0.1) is 0 Å². The van der Waals surface area contributed by atoms with Gasteiger partial charge in [0.2, 0.25) is 5.91 Å². The molecular formula is C22H43NO. The van der Waals surface area contributed by atoms with Gasteiger partial charge in [-0.05, 0) is 48.9 Å². The zero-order chi connectivity index (χ0) is 18.2. The fourth-order valence-electron chi connectivity index (χ4n) is 3.66. The average molecular weight is 338 g/mol. The van der Waals surface area contributed by atoms with Gasteiger partial charge in [-0.25, -0.2) is 0 Å². The maximum absolute atomic E-state index is 12.3. The van der Waals surface area contributed by atoms with Gasteiger partial charge < -0.3 is 4.90 Å². The highest BCUT2D eigenvalue weighted by molar-refractivity contribution is 5.76. The van der Waals surface area contributed by atoms with E-state index in [-0.39, 0.29) is 0 Å². The van der Waals surface area contributed by atoms with Crippen molar-refractivity contribution in [2.75, 3.05) is 13.1 Å². The Balaban J connectivity index is 2.10. The zero-order valence-corrected chi connectivity index (χ0v) is 17.4. The van der Waals surface area contributed by atoms with Gasteiger partial charge in [0, 0.05) is 19.5 Å². The molecule has 0 radical (unpaired) electrons. The number of piperidine rings is 1. The summed E-state index contributed by atoms with van der Waals surface area (Å²) in [6.07, 6.45) is 12.0. The van der Waals surface area contributed by atoms with Gasteiger partial charge >= 0.3 is 0 Å². The predicted octanol–water partition coefficient (Wildman–Crippen LogP) is 6.44. The Bertz CT molecular complexity index is 353. The van der Waals surface area contributed by atoms with Crippen molar-refractivity contribution < 1.29 is 4.79 Å². The Kier molecular flexibility index (Phi) is 8.81. The lowest BCUT2D eigenvalue weighted by Gasteiger charge is -2.32. The Morgan fingerprint density at radius 1 is 0.833 bits per heavy atom. The van der Waals surface area contributed by atoms with Crippen LogP contribution in [0.15, 0.2) is 0 Å². The van der Waals surface area contributed by atoms with Crippen molar-refractivity contribution in [3.05, 3.63) is 0 Å². The van der Waals surface area contributed by atoms with Crippen LogP contribution >= 0.6 is 0 Å². The van der Waals surface area contributed by atoms with E-state index in [0.29, 0.717) is 16.7 Å². The number of carbonyl (C=O) groups excluding carboxylic acids is 1. The smallest absolute Gasteiger partial charge is 0.222 e. The molecule has 1 fully saturated rings. The number of amides is 1. The monoisotopic (exact) mass is 337 g/mol. The van der Waals surface area contributed by atoms with Gasteiger partial charge in [0.25, 0.3) is 0 Å². The van der Waals surface area contributed by atoms with Crippen LogP contribution in [-0.4, -0.2) is 23.9 Å². The fraction of sp³-hybridized carbons (Fsp3) is 0.955. The van der Waals surface area contributed by atoms with Crippen LogP contribution in [0.4, 0.5) is 0 Å². The van der Waals surface area contributed by atoms with Crippen LogP contribution in [0.2, 0.25) is 0 Å². The summed E-state index contributed by atoms with van der Waals surface area (Å²) < 4.78 is 0. The summed E-state index contributed by atoms with van der Waals surface area (Å²) in [5, 5.41) is 0. The van der Waals surface area contributed by atoms with E-state index in [4.69, 9.17) is 0 Å². The molecule has 0 bridgehead atoms. The zero-order valence-electron chi connectivity index (χ0n) is 17.4. The molecule has 2 nitrogen and oxygen atoms in total. The Morgan fingerprint density at radius 3 is 1.92 bits per heavy atom. The van der Waals surface area contributed by atoms with Crippen LogP contribution in [0.3, 0.4) is 0 Å². The lowest BCUT2D eigenvalue weighted by molar-refractivity contribution is -0.132. The third-order valence-electron chi connectivity index (χ3n) is 5.32. The molecule has 0 N–H and O–H groups in total. The quantitative estimate of drug-likeness (QED) is 0.467. The molecule has 1 heterocycles. The summed E-state index contributed by atoms with van der Waals surface area (Å²) in [4.78, 5) is 14.5. The average Bonchev–Trinajstić information content (AvgIpc) is 2.45. The van der Waals surface area contributed by atoms with Crippen LogP contribution < -0.4 is 0 Å². The van der Waals surface area contributed by atoms with Gasteiger partial charge in [-0.3, -0.25) is 4.79 Å². The second kappa shape index (κ2) is 9.82. The van der Waals surface area contributed by atoms with E-state index in [0.717, 1.165) is 31.8 Å². The summed E-state index contributed by atoms with van der Waals surface area (Å²) in [5.41, 5.74) is 0.891. The normalized spacial score (nSPS) is 17.3. The van der Waals surface area contributed by atoms with E-state index in [9.17, 15) is 4.79 Å². The summed E-state index contributed by atoms with van der Waals surface area (Å²) in [6, 6.07) is 0. The van der Waals surface area contributed by atoms with Crippen LogP contribution in [-0.2, 0) is 4.79 Å². The minimum atomic E-state index is 0.402. The minimum absolute atomic E-state index is 0.402. The van der Waals surface area contributed by atoms with Gasteiger partial charge in [-0.1, -0.05) is 67.2 Å². The molecule has 142 valence electrons. The van der Waals surface area contributed by atoms with Crippen LogP contribution in [0.1, 0.15) is 106 Å². The van der Waals surface area contributed by atoms with Crippen molar-refractivity contribution in [3.63, 3.8) is 0 Å². The first kappa shape index (κ1) is 21.5. The van der Waals surface area contributed by atoms with Crippen LogP contribution in [0, 0.1) is 16.7 Å². The number of likely N-dealkylation sites (tertiary alicyclic amines) is 1. The first-order valence-corrected chi connectivity index (χ1v) is 10.3. The van der Waals surface area contributed by atoms with Gasteiger partial charge in [-0.15, -0.1) is 0 Å². The van der Waals surface area contributed by atoms with E-state index >= 15 is 0 Å². The molecule has 1 aliphatic heterocycles. The molecule has 0 unspecified atom stereocenters. The lowest BCUT2D eigenvalue weighted by Crippen LogP contribution is -2.38. The SMILES string of the molecule is CC(C)(C)CCCCCC(=O)N1CCC(CCCC(C)(C)C)CC1. The van der Waals surface area contributed by atoms with Crippen molar-refractivity contribution in [1.29, 1.82) is 0 Å². The second-order valence-corrected chi connectivity index (χ2v) is 10.4. The lowest BCUT2D eigenvalue weighted by atomic mass is 9.85. The molecular weight excluding hydrogens is 294 g/mol. The fourth-order valence-corrected chi connectivity index (χ4v) is 3.66. The molecule has 0 aromatic carbocycles. The molecule has 0 spiro atoms. The molecule has 1 rings (SSSR count). The summed E-state index contributed by atoms with van der Waals surface area (Å²) >= 11 is 0. The Labute approximate surface area is 151 Å². The topological polar surface area (TPSA) is 20.3 Å². The van der Waals surface area contributed by atoms with E-state index in [1.807, 2.05) is 0 Å². The van der Waals surface area contributed by atoms with E-state index < -0.39 is 0 Å². The molecule has 1 aliphatic rings. The number of unbranched alkanes of at least 4 members (excludes halogenated alkanes) is 2. The van der Waals surface area contributed by atoms with Crippen molar-refractivity contribution in [2.45, 2.75) is 106 Å². The molecule has 0 atom stereocenters. The molecule has 1 amide bonds. The number of nitrogens with zero attached hydrogens (tertiary/aromatic N) is 1. The van der Waals surface area contributed by atoms with Crippen LogP contribution in [0.5, 0.6) is 0 Å². The number of rotatable bonds is 8. The summed E-state index contributed by atoms with van der Waals surface area (Å²) in [6.45, 7) is 15.9. The third-order valence-corrected chi connectivity index (χ3v) is 5.32. The van der Waals surface area contributed by atoms with Gasteiger partial charge in [0.1, 0.15) is 0 Å². The number of hydrogen-bond acceptors (Lipinski definition) is 1. The Morgan fingerprint density at radius 2 is 1.38 bits per heavy atom. The highest BCUT2D eigenvalue weighted by atomic mass is 16.2. The maximum atomic E-state index is 12.3. The van der Waals surface area contributed by atoms with Gasteiger partial charge in [0.15, 0.2) is 0 Å². The van der Waals surface area contributed by atoms with Crippen molar-refractivity contribution >= 4 is 5.91 Å². The molecule has 0 aliphatic carbocycles. The summed E-state index contributed by atoms with van der Waals surface area (Å²) in [7, 11) is 0. The minimum Gasteiger partial charge on any atom is -0.343 e. The van der Waals surface area contributed by atoms with E-state index in [1.165, 1.54) is 51.4 Å². The van der Waals surface area contributed by atoms with Crippen molar-refractivity contribution in [2.24, 2.45) is 16.7 Å². The molecule has 0 aromatic heterocycles. The molecule has 0 aromatic rings. The van der Waals surface area contributed by atoms with Crippen LogP contribution in [0.25, 0.3) is 0 Å². The molecule has 1 saturated heterocycles. The first-order chi connectivity index (χ1) is 11.1. The van der Waals surface area contributed by atoms with E-state index in [2.05, 4.69) is 46.4 Å². The molecule has 24 heavy (non-hydrogen) atoms. The standard InChI is InChI=1S/C22H43NO/c1-21(2,3)15-9-7-8-12-20(24)23-17-13-19(14-18-23)11-10-16-22(4,5)6/h19H,7-18H2,1-6H3. The predicted molar refractivity (Wildman–Crippen MR) is 105 cm³/mol. The second-order valence-electron chi connectivity index (χ2n) is 10.4. The third kappa shape index (κ3) is 10.4. The largest absolute Gasteiger partial charge is 0.343 e. The highest BCUT2D eigenvalue weighted by Gasteiger charge is 2.22. The first-order valence-electron chi connectivity index (χ1n) is 10.3. The van der Waals surface area contributed by atoms with Crippen molar-refractivity contribution in [1.82, 2.24) is 4.90 Å². The Hall–Kier alpha value is -0.530. The molecule has 0 saturated carbocycles. The van der Waals surface area contributed by atoms with Gasteiger partial charge in [-0.2, -0.15) is 0 Å². The number of carbonyl (C=O) groups is 1. The van der Waals surface area contributed by atoms with Crippen molar-refractivity contribution in [3.8, 4) is 0 Å². The maximum Gasteiger partial charge on any atom is 0.222 e.